The van der Waals surface area contributed by atoms with Gasteiger partial charge in [0, 0.05) is 17.7 Å². The van der Waals surface area contributed by atoms with Crippen molar-refractivity contribution in [2.24, 2.45) is 0 Å². The van der Waals surface area contributed by atoms with Crippen molar-refractivity contribution < 1.29 is 22.7 Å². The molecule has 2 aliphatic rings. The van der Waals surface area contributed by atoms with Crippen LogP contribution in [0.25, 0.3) is 0 Å². The number of hydrogen-bond donors (Lipinski definition) is 2. The van der Waals surface area contributed by atoms with E-state index in [1.807, 2.05) is 48.5 Å². The molecule has 0 radical (unpaired) electrons. The van der Waals surface area contributed by atoms with Crippen LogP contribution in [0.5, 0.6) is 5.75 Å². The average molecular weight is 464 g/mol. The van der Waals surface area contributed by atoms with Gasteiger partial charge in [-0.3, -0.25) is 4.79 Å². The maximum absolute atomic E-state index is 13.5. The Balaban J connectivity index is 1.57. The van der Waals surface area contributed by atoms with E-state index in [-0.39, 0.29) is 11.7 Å². The summed E-state index contributed by atoms with van der Waals surface area (Å²) in [6.45, 7) is 0. The Kier molecular flexibility index (Phi) is 5.55. The van der Waals surface area contributed by atoms with Gasteiger partial charge in [0.25, 0.3) is 0 Å². The summed E-state index contributed by atoms with van der Waals surface area (Å²) in [5.41, 5.74) is 3.85. The fourth-order valence-electron chi connectivity index (χ4n) is 4.74. The van der Waals surface area contributed by atoms with Crippen LogP contribution in [0.3, 0.4) is 0 Å². The van der Waals surface area contributed by atoms with Gasteiger partial charge in [0.2, 0.25) is 0 Å². The molecule has 0 fully saturated rings. The highest BCUT2D eigenvalue weighted by molar-refractivity contribution is 6.01. The number of anilines is 2. The largest absolute Gasteiger partial charge is 0.497 e. The lowest BCUT2D eigenvalue weighted by molar-refractivity contribution is -0.137. The molecule has 0 saturated carbocycles. The van der Waals surface area contributed by atoms with Gasteiger partial charge < -0.3 is 15.4 Å². The van der Waals surface area contributed by atoms with Crippen molar-refractivity contribution in [3.63, 3.8) is 0 Å². The number of alkyl halides is 3. The Morgan fingerprint density at radius 1 is 0.882 bits per heavy atom. The molecule has 0 amide bonds. The van der Waals surface area contributed by atoms with Crippen molar-refractivity contribution in [3.8, 4) is 5.75 Å². The molecule has 0 spiro atoms. The predicted octanol–water partition coefficient (Wildman–Crippen LogP) is 6.69. The van der Waals surface area contributed by atoms with Crippen LogP contribution in [0, 0.1) is 0 Å². The Labute approximate surface area is 195 Å². The van der Waals surface area contributed by atoms with Crippen LogP contribution in [-0.2, 0) is 11.0 Å². The van der Waals surface area contributed by atoms with Crippen molar-refractivity contribution >= 4 is 17.2 Å². The molecular weight excluding hydrogens is 441 g/mol. The van der Waals surface area contributed by atoms with E-state index in [0.717, 1.165) is 40.5 Å². The number of hydrogen-bond acceptors (Lipinski definition) is 4. The van der Waals surface area contributed by atoms with Crippen LogP contribution >= 0.6 is 0 Å². The summed E-state index contributed by atoms with van der Waals surface area (Å²) < 4.78 is 44.7. The fraction of sp³-hybridized carbons (Fsp3) is 0.222. The first kappa shape index (κ1) is 22.1. The molecule has 1 heterocycles. The summed E-state index contributed by atoms with van der Waals surface area (Å²) >= 11 is 0. The summed E-state index contributed by atoms with van der Waals surface area (Å²) in [7, 11) is 1.61. The minimum Gasteiger partial charge on any atom is -0.497 e. The molecule has 0 bridgehead atoms. The van der Waals surface area contributed by atoms with Crippen molar-refractivity contribution in [3.05, 3.63) is 101 Å². The van der Waals surface area contributed by atoms with Crippen LogP contribution in [-0.4, -0.2) is 12.9 Å². The Morgan fingerprint density at radius 3 is 2.32 bits per heavy atom. The summed E-state index contributed by atoms with van der Waals surface area (Å²) in [5, 5.41) is 6.83. The zero-order valence-corrected chi connectivity index (χ0v) is 18.4. The zero-order chi connectivity index (χ0) is 23.9. The molecule has 34 heavy (non-hydrogen) atoms. The van der Waals surface area contributed by atoms with Gasteiger partial charge in [-0.1, -0.05) is 36.4 Å². The third kappa shape index (κ3) is 4.14. The smallest absolute Gasteiger partial charge is 0.416 e. The number of carbonyl (C=O) groups excluding carboxylic acids is 1. The van der Waals surface area contributed by atoms with E-state index < -0.39 is 17.8 Å². The van der Waals surface area contributed by atoms with E-state index in [9.17, 15) is 18.0 Å². The van der Waals surface area contributed by atoms with Crippen molar-refractivity contribution in [1.29, 1.82) is 0 Å². The normalized spacial score (nSPS) is 19.9. The molecule has 174 valence electrons. The van der Waals surface area contributed by atoms with Crippen molar-refractivity contribution in [2.75, 3.05) is 17.7 Å². The number of rotatable bonds is 3. The molecular formula is C27H23F3N2O2. The topological polar surface area (TPSA) is 50.4 Å². The monoisotopic (exact) mass is 464 g/mol. The van der Waals surface area contributed by atoms with Gasteiger partial charge in [-0.25, -0.2) is 0 Å². The standard InChI is InChI=1S/C27H23F3N2O2/c1-34-20-6-4-5-17(13-20)18-14-23-25(24(33)15-18)26(32-22-8-3-2-7-21(22)31-23)16-9-11-19(12-10-16)27(28,29)30/h2-13,18,26,31-32H,14-15H2,1H3/t18-,26-/m0/s1. The summed E-state index contributed by atoms with van der Waals surface area (Å²) in [6, 6.07) is 19.7. The number of nitrogens with one attached hydrogen (secondary N) is 2. The van der Waals surface area contributed by atoms with Crippen molar-refractivity contribution in [1.82, 2.24) is 0 Å². The second kappa shape index (κ2) is 8.56. The SMILES string of the molecule is COc1cccc([C@@H]2CC(=O)C3=C(C2)Nc2ccccc2N[C@H]3c2ccc(C(F)(F)F)cc2)c1. The van der Waals surface area contributed by atoms with Gasteiger partial charge in [-0.05, 0) is 59.9 Å². The first-order valence-corrected chi connectivity index (χ1v) is 11.0. The van der Waals surface area contributed by atoms with E-state index in [1.165, 1.54) is 12.1 Å². The van der Waals surface area contributed by atoms with Crippen LogP contribution in [0.2, 0.25) is 0 Å². The molecule has 5 rings (SSSR count). The molecule has 7 heteroatoms. The lowest BCUT2D eigenvalue weighted by atomic mass is 9.78. The number of carbonyl (C=O) groups is 1. The number of Topliss-reactive ketones (excluding diaryl/α,β-unsaturated/α-hetero) is 1. The molecule has 3 aromatic rings. The van der Waals surface area contributed by atoms with Gasteiger partial charge >= 0.3 is 6.18 Å². The first-order chi connectivity index (χ1) is 16.3. The molecule has 0 unspecified atom stereocenters. The Hall–Kier alpha value is -3.74. The van der Waals surface area contributed by atoms with Crippen LogP contribution in [0.1, 0.15) is 41.5 Å². The fourth-order valence-corrected chi connectivity index (χ4v) is 4.74. The number of para-hydroxylation sites is 2. The van der Waals surface area contributed by atoms with Crippen LogP contribution in [0.4, 0.5) is 24.5 Å². The summed E-state index contributed by atoms with van der Waals surface area (Å²) in [6.07, 6.45) is -3.51. The number of ether oxygens (including phenoxy) is 1. The molecule has 1 aliphatic carbocycles. The number of allylic oxidation sites excluding steroid dienone is 1. The maximum atomic E-state index is 13.5. The lowest BCUT2D eigenvalue weighted by Crippen LogP contribution is -2.27. The molecule has 4 nitrogen and oxygen atoms in total. The Bertz CT molecular complexity index is 1270. The second-order valence-corrected chi connectivity index (χ2v) is 8.56. The van der Waals surface area contributed by atoms with Gasteiger partial charge in [-0.2, -0.15) is 13.2 Å². The highest BCUT2D eigenvalue weighted by atomic mass is 19.4. The minimum atomic E-state index is -4.42. The quantitative estimate of drug-likeness (QED) is 0.453. The number of fused-ring (bicyclic) bond motifs is 1. The van der Waals surface area contributed by atoms with Gasteiger partial charge in [0.05, 0.1) is 30.1 Å². The maximum Gasteiger partial charge on any atom is 0.416 e. The molecule has 3 aromatic carbocycles. The second-order valence-electron chi connectivity index (χ2n) is 8.56. The molecule has 1 aliphatic heterocycles. The minimum absolute atomic E-state index is 0.0348. The molecule has 0 aromatic heterocycles. The van der Waals surface area contributed by atoms with E-state index in [2.05, 4.69) is 10.6 Å². The van der Waals surface area contributed by atoms with Crippen LogP contribution in [0.15, 0.2) is 84.1 Å². The van der Waals surface area contributed by atoms with Crippen LogP contribution < -0.4 is 15.4 Å². The van der Waals surface area contributed by atoms with Gasteiger partial charge in [0.1, 0.15) is 5.75 Å². The third-order valence-corrected chi connectivity index (χ3v) is 6.45. The summed E-state index contributed by atoms with van der Waals surface area (Å²) in [5.74, 6) is 0.660. The van der Waals surface area contributed by atoms with E-state index in [1.54, 1.807) is 7.11 Å². The number of benzene rings is 3. The van der Waals surface area contributed by atoms with E-state index in [0.29, 0.717) is 24.0 Å². The highest BCUT2D eigenvalue weighted by Gasteiger charge is 2.37. The number of halogens is 3. The number of methoxy groups -OCH3 is 1. The number of ketones is 1. The Morgan fingerprint density at radius 2 is 1.62 bits per heavy atom. The van der Waals surface area contributed by atoms with Gasteiger partial charge in [-0.15, -0.1) is 0 Å². The van der Waals surface area contributed by atoms with Gasteiger partial charge in [0.15, 0.2) is 5.78 Å². The third-order valence-electron chi connectivity index (χ3n) is 6.45. The molecule has 0 saturated heterocycles. The zero-order valence-electron chi connectivity index (χ0n) is 18.4. The lowest BCUT2D eigenvalue weighted by Gasteiger charge is -2.30. The molecule has 2 N–H and O–H groups in total. The summed E-state index contributed by atoms with van der Waals surface area (Å²) in [4.78, 5) is 13.5. The highest BCUT2D eigenvalue weighted by Crippen LogP contribution is 2.44. The van der Waals surface area contributed by atoms with E-state index >= 15 is 0 Å². The first-order valence-electron chi connectivity index (χ1n) is 11.0. The van der Waals surface area contributed by atoms with E-state index in [4.69, 9.17) is 4.74 Å². The predicted molar refractivity (Wildman–Crippen MR) is 125 cm³/mol. The average Bonchev–Trinajstić information content (AvgIpc) is 3.00. The molecule has 2 atom stereocenters. The van der Waals surface area contributed by atoms with Crippen molar-refractivity contribution in [2.45, 2.75) is 31.0 Å².